The van der Waals surface area contributed by atoms with Crippen molar-refractivity contribution in [2.45, 2.75) is 64.5 Å². The molecule has 0 atom stereocenters. The van der Waals surface area contributed by atoms with Crippen molar-refractivity contribution in [2.75, 3.05) is 24.6 Å². The number of carbonyl (C=O) groups is 2. The van der Waals surface area contributed by atoms with E-state index in [0.717, 1.165) is 48.1 Å². The Morgan fingerprint density at radius 3 is 2.81 bits per heavy atom. The molecule has 8 nitrogen and oxygen atoms in total. The number of fused-ring (bicyclic) bond motifs is 1. The van der Waals surface area contributed by atoms with Crippen LogP contribution in [0, 0.1) is 0 Å². The van der Waals surface area contributed by atoms with Crippen LogP contribution in [0.15, 0.2) is 42.7 Å². The number of anilines is 1. The average molecular weight is 491 g/mol. The predicted octanol–water partition coefficient (Wildman–Crippen LogP) is 5.40. The Labute approximate surface area is 211 Å². The highest BCUT2D eigenvalue weighted by molar-refractivity contribution is 5.93. The number of hydrogen-bond donors (Lipinski definition) is 1. The third-order valence-corrected chi connectivity index (χ3v) is 7.06. The molecule has 36 heavy (non-hydrogen) atoms. The van der Waals surface area contributed by atoms with Crippen molar-refractivity contribution in [1.29, 1.82) is 0 Å². The molecule has 190 valence electrons. The Kier molecular flexibility index (Phi) is 7.11. The number of urea groups is 1. The average Bonchev–Trinajstić information content (AvgIpc) is 3.64. The number of rotatable bonds is 11. The quantitative estimate of drug-likeness (QED) is 0.364. The lowest BCUT2D eigenvalue weighted by Crippen LogP contribution is -2.49. The molecule has 3 aromatic rings. The first-order valence-corrected chi connectivity index (χ1v) is 13.0. The maximum Gasteiger partial charge on any atom is 0.324 e. The molecule has 1 saturated heterocycles. The first-order chi connectivity index (χ1) is 17.5. The number of nitrogens with zero attached hydrogens (tertiary/aromatic N) is 4. The van der Waals surface area contributed by atoms with Crippen LogP contribution in [0.2, 0.25) is 0 Å². The molecule has 0 radical (unpaired) electrons. The minimum Gasteiger partial charge on any atom is -0.493 e. The highest BCUT2D eigenvalue weighted by Gasteiger charge is 2.30. The third kappa shape index (κ3) is 5.17. The zero-order chi connectivity index (χ0) is 25.1. The largest absolute Gasteiger partial charge is 0.493 e. The van der Waals surface area contributed by atoms with Crippen LogP contribution in [0.4, 0.5) is 10.5 Å². The van der Waals surface area contributed by atoms with Gasteiger partial charge >= 0.3 is 12.0 Å². The SMILES string of the molecule is CCCCCOc1cc(N2CCCN(Cc3ccnc4c3ccn4CC(=O)O)C2=O)ccc1C1CC1. The van der Waals surface area contributed by atoms with Crippen LogP contribution in [0.3, 0.4) is 0 Å². The Bertz CT molecular complexity index is 1250. The van der Waals surface area contributed by atoms with Gasteiger partial charge in [-0.15, -0.1) is 0 Å². The number of hydrogen-bond acceptors (Lipinski definition) is 4. The second-order valence-corrected chi connectivity index (χ2v) is 9.81. The highest BCUT2D eigenvalue weighted by Crippen LogP contribution is 2.45. The summed E-state index contributed by atoms with van der Waals surface area (Å²) in [6.45, 7) is 4.55. The highest BCUT2D eigenvalue weighted by atomic mass is 16.5. The first-order valence-electron chi connectivity index (χ1n) is 13.0. The molecule has 8 heteroatoms. The summed E-state index contributed by atoms with van der Waals surface area (Å²) in [5.41, 5.74) is 3.73. The topological polar surface area (TPSA) is 87.9 Å². The molecule has 1 aliphatic heterocycles. The standard InChI is InChI=1S/C28H34N4O4/c1-2-3-4-16-36-25-17-22(8-9-23(25)20-6-7-20)32-14-5-13-31(28(32)35)18-21-10-12-29-27-24(21)11-15-30(27)19-26(33)34/h8-12,15,17,20H,2-7,13-14,16,18-19H2,1H3,(H,33,34). The Morgan fingerprint density at radius 2 is 2.03 bits per heavy atom. The van der Waals surface area contributed by atoms with Gasteiger partial charge in [-0.1, -0.05) is 25.8 Å². The van der Waals surface area contributed by atoms with Gasteiger partial charge in [0.2, 0.25) is 0 Å². The maximum atomic E-state index is 13.6. The molecule has 2 amide bonds. The van der Waals surface area contributed by atoms with Gasteiger partial charge in [-0.2, -0.15) is 0 Å². The molecule has 2 aliphatic rings. The molecule has 5 rings (SSSR count). The van der Waals surface area contributed by atoms with E-state index in [4.69, 9.17) is 4.74 Å². The van der Waals surface area contributed by atoms with Gasteiger partial charge in [-0.05, 0) is 60.9 Å². The number of aliphatic carboxylic acids is 1. The molecular formula is C28H34N4O4. The van der Waals surface area contributed by atoms with Crippen LogP contribution in [0.5, 0.6) is 5.75 Å². The maximum absolute atomic E-state index is 13.6. The third-order valence-electron chi connectivity index (χ3n) is 7.06. The molecule has 0 unspecified atom stereocenters. The number of unbranched alkanes of at least 4 members (excludes halogenated alkanes) is 2. The number of amides is 2. The van der Waals surface area contributed by atoms with Gasteiger partial charge in [0.05, 0.1) is 6.61 Å². The van der Waals surface area contributed by atoms with Crippen molar-refractivity contribution in [2.24, 2.45) is 0 Å². The predicted molar refractivity (Wildman–Crippen MR) is 139 cm³/mol. The number of carboxylic acids is 1. The number of carbonyl (C=O) groups excluding carboxylic acids is 1. The summed E-state index contributed by atoms with van der Waals surface area (Å²) in [4.78, 5) is 32.8. The summed E-state index contributed by atoms with van der Waals surface area (Å²) in [6.07, 6.45) is 10.0. The lowest BCUT2D eigenvalue weighted by molar-refractivity contribution is -0.137. The lowest BCUT2D eigenvalue weighted by Gasteiger charge is -2.36. The fourth-order valence-corrected chi connectivity index (χ4v) is 5.01. The molecule has 1 N–H and O–H groups in total. The number of pyridine rings is 1. The molecule has 3 heterocycles. The lowest BCUT2D eigenvalue weighted by atomic mass is 10.1. The minimum atomic E-state index is -0.914. The number of benzene rings is 1. The Morgan fingerprint density at radius 1 is 1.17 bits per heavy atom. The van der Waals surface area contributed by atoms with E-state index in [9.17, 15) is 14.7 Å². The van der Waals surface area contributed by atoms with Crippen LogP contribution >= 0.6 is 0 Å². The van der Waals surface area contributed by atoms with Crippen LogP contribution < -0.4 is 9.64 Å². The van der Waals surface area contributed by atoms with Gasteiger partial charge < -0.3 is 19.3 Å². The summed E-state index contributed by atoms with van der Waals surface area (Å²) in [7, 11) is 0. The second-order valence-electron chi connectivity index (χ2n) is 9.81. The summed E-state index contributed by atoms with van der Waals surface area (Å²) in [6, 6.07) is 10.0. The van der Waals surface area contributed by atoms with E-state index in [-0.39, 0.29) is 12.6 Å². The number of carboxylic acid groups (broad SMARTS) is 1. The van der Waals surface area contributed by atoms with Crippen molar-refractivity contribution in [1.82, 2.24) is 14.5 Å². The molecule has 0 bridgehead atoms. The van der Waals surface area contributed by atoms with Crippen molar-refractivity contribution in [3.8, 4) is 5.75 Å². The molecule has 1 aromatic carbocycles. The van der Waals surface area contributed by atoms with Crippen LogP contribution in [-0.4, -0.2) is 51.3 Å². The van der Waals surface area contributed by atoms with Crippen LogP contribution in [0.25, 0.3) is 11.0 Å². The van der Waals surface area contributed by atoms with E-state index in [1.54, 1.807) is 17.0 Å². The smallest absolute Gasteiger partial charge is 0.324 e. The minimum absolute atomic E-state index is 0.0210. The first kappa shape index (κ1) is 24.2. The fraction of sp³-hybridized carbons (Fsp3) is 0.464. The summed E-state index contributed by atoms with van der Waals surface area (Å²) in [5, 5.41) is 10.0. The molecule has 1 saturated carbocycles. The summed E-state index contributed by atoms with van der Waals surface area (Å²) < 4.78 is 7.83. The van der Waals surface area contributed by atoms with E-state index < -0.39 is 5.97 Å². The van der Waals surface area contributed by atoms with Gasteiger partial charge in [0.1, 0.15) is 17.9 Å². The molecule has 2 aromatic heterocycles. The fourth-order valence-electron chi connectivity index (χ4n) is 5.01. The zero-order valence-electron chi connectivity index (χ0n) is 20.9. The number of ether oxygens (including phenoxy) is 1. The van der Waals surface area contributed by atoms with Gasteiger partial charge in [0.25, 0.3) is 0 Å². The molecule has 0 spiro atoms. The van der Waals surface area contributed by atoms with Crippen LogP contribution in [0.1, 0.15) is 62.5 Å². The van der Waals surface area contributed by atoms with E-state index >= 15 is 0 Å². The molecule has 2 fully saturated rings. The summed E-state index contributed by atoms with van der Waals surface area (Å²) in [5.74, 6) is 0.589. The van der Waals surface area contributed by atoms with E-state index in [0.29, 0.717) is 37.8 Å². The van der Waals surface area contributed by atoms with Gasteiger partial charge in [-0.25, -0.2) is 9.78 Å². The Hall–Kier alpha value is -3.55. The van der Waals surface area contributed by atoms with E-state index in [2.05, 4.69) is 30.1 Å². The second kappa shape index (κ2) is 10.6. The van der Waals surface area contributed by atoms with Crippen molar-refractivity contribution >= 4 is 28.7 Å². The summed E-state index contributed by atoms with van der Waals surface area (Å²) >= 11 is 0. The molecular weight excluding hydrogens is 456 g/mol. The Balaban J connectivity index is 1.34. The normalized spacial score (nSPS) is 16.1. The van der Waals surface area contributed by atoms with Gasteiger partial charge in [0.15, 0.2) is 0 Å². The van der Waals surface area contributed by atoms with Crippen molar-refractivity contribution in [3.63, 3.8) is 0 Å². The monoisotopic (exact) mass is 490 g/mol. The van der Waals surface area contributed by atoms with Crippen molar-refractivity contribution < 1.29 is 19.4 Å². The number of aromatic nitrogens is 2. The van der Waals surface area contributed by atoms with Gasteiger partial charge in [-0.3, -0.25) is 9.69 Å². The zero-order valence-corrected chi connectivity index (χ0v) is 20.9. The van der Waals surface area contributed by atoms with E-state index in [1.165, 1.54) is 18.4 Å². The van der Waals surface area contributed by atoms with Gasteiger partial charge in [0, 0.05) is 49.2 Å². The molecule has 1 aliphatic carbocycles. The van der Waals surface area contributed by atoms with Crippen molar-refractivity contribution in [3.05, 3.63) is 53.9 Å². The van der Waals surface area contributed by atoms with Crippen LogP contribution in [-0.2, 0) is 17.9 Å². The van der Waals surface area contributed by atoms with E-state index in [1.807, 2.05) is 21.9 Å².